The van der Waals surface area contributed by atoms with Gasteiger partial charge in [-0.1, -0.05) is 6.92 Å². The second-order valence-electron chi connectivity index (χ2n) is 3.97. The maximum atomic E-state index is 11.4. The third-order valence-corrected chi connectivity index (χ3v) is 2.43. The quantitative estimate of drug-likeness (QED) is 0.706. The molecule has 0 aliphatic rings. The van der Waals surface area contributed by atoms with Gasteiger partial charge in [-0.2, -0.15) is 0 Å². The van der Waals surface area contributed by atoms with Crippen molar-refractivity contribution in [2.24, 2.45) is 5.92 Å². The van der Waals surface area contributed by atoms with Crippen LogP contribution < -0.4 is 5.32 Å². The first-order chi connectivity index (χ1) is 7.72. The second kappa shape index (κ2) is 7.00. The fraction of sp³-hybridized carbons (Fsp3) is 0.636. The lowest BCUT2D eigenvalue weighted by molar-refractivity contribution is -0.121. The van der Waals surface area contributed by atoms with Gasteiger partial charge in [-0.3, -0.25) is 4.79 Å². The van der Waals surface area contributed by atoms with Crippen LogP contribution in [0.4, 0.5) is 0 Å². The molecular formula is C11H19N3O2. The molecule has 1 unspecified atom stereocenters. The number of nitrogens with zero attached hydrogens (tertiary/aromatic N) is 2. The first-order valence-electron chi connectivity index (χ1n) is 5.55. The Morgan fingerprint density at radius 2 is 2.44 bits per heavy atom. The van der Waals surface area contributed by atoms with E-state index >= 15 is 0 Å². The Bertz CT molecular complexity index is 298. The van der Waals surface area contributed by atoms with Crippen LogP contribution in [-0.4, -0.2) is 33.7 Å². The first kappa shape index (κ1) is 12.7. The maximum Gasteiger partial charge on any atom is 0.221 e. The summed E-state index contributed by atoms with van der Waals surface area (Å²) in [5, 5.41) is 11.6. The number of imidazole rings is 1. The maximum absolute atomic E-state index is 11.4. The van der Waals surface area contributed by atoms with E-state index in [1.807, 2.05) is 17.7 Å². The van der Waals surface area contributed by atoms with Gasteiger partial charge in [-0.25, -0.2) is 4.98 Å². The lowest BCUT2D eigenvalue weighted by Crippen LogP contribution is -2.29. The summed E-state index contributed by atoms with van der Waals surface area (Å²) in [5.74, 6) is 0.362. The molecule has 5 nitrogen and oxygen atoms in total. The molecule has 0 spiro atoms. The number of hydrogen-bond acceptors (Lipinski definition) is 3. The molecule has 5 heteroatoms. The Balaban J connectivity index is 2.11. The molecule has 1 aromatic heterocycles. The Labute approximate surface area is 95.5 Å². The van der Waals surface area contributed by atoms with Crippen molar-refractivity contribution in [3.8, 4) is 0 Å². The number of nitrogens with one attached hydrogen (secondary N) is 1. The Hall–Kier alpha value is -1.36. The van der Waals surface area contributed by atoms with Crippen molar-refractivity contribution < 1.29 is 9.90 Å². The first-order valence-corrected chi connectivity index (χ1v) is 5.55. The summed E-state index contributed by atoms with van der Waals surface area (Å²) < 4.78 is 1.87. The second-order valence-corrected chi connectivity index (χ2v) is 3.97. The molecule has 0 aliphatic carbocycles. The largest absolute Gasteiger partial charge is 0.396 e. The zero-order chi connectivity index (χ0) is 11.8. The van der Waals surface area contributed by atoms with Gasteiger partial charge in [0.05, 0.1) is 6.33 Å². The van der Waals surface area contributed by atoms with Gasteiger partial charge in [-0.05, 0) is 12.3 Å². The summed E-state index contributed by atoms with van der Waals surface area (Å²) in [6.45, 7) is 3.46. The molecule has 1 heterocycles. The lowest BCUT2D eigenvalue weighted by atomic mass is 10.1. The van der Waals surface area contributed by atoms with E-state index in [0.29, 0.717) is 25.4 Å². The van der Waals surface area contributed by atoms with Crippen molar-refractivity contribution in [1.29, 1.82) is 0 Å². The van der Waals surface area contributed by atoms with Crippen LogP contribution in [0.2, 0.25) is 0 Å². The minimum atomic E-state index is 0.0403. The number of carbonyl (C=O) groups is 1. The standard InChI is InChI=1S/C11H19N3O2/c1-10(3-7-15)8-13-11(16)2-5-14-6-4-12-9-14/h4,6,9-10,15H,2-3,5,7-8H2,1H3,(H,13,16). The van der Waals surface area contributed by atoms with Gasteiger partial charge >= 0.3 is 0 Å². The van der Waals surface area contributed by atoms with E-state index in [-0.39, 0.29) is 12.5 Å². The van der Waals surface area contributed by atoms with Crippen molar-refractivity contribution in [2.45, 2.75) is 26.3 Å². The number of aromatic nitrogens is 2. The highest BCUT2D eigenvalue weighted by Crippen LogP contribution is 1.98. The van der Waals surface area contributed by atoms with Crippen molar-refractivity contribution in [3.05, 3.63) is 18.7 Å². The summed E-state index contributed by atoms with van der Waals surface area (Å²) >= 11 is 0. The third kappa shape index (κ3) is 4.93. The summed E-state index contributed by atoms with van der Waals surface area (Å²) in [5.41, 5.74) is 0. The fourth-order valence-corrected chi connectivity index (χ4v) is 1.35. The molecule has 2 N–H and O–H groups in total. The highest BCUT2D eigenvalue weighted by atomic mass is 16.3. The minimum absolute atomic E-state index is 0.0403. The number of amides is 1. The molecule has 0 saturated carbocycles. The number of rotatable bonds is 7. The summed E-state index contributed by atoms with van der Waals surface area (Å²) in [6.07, 6.45) is 6.41. The fourth-order valence-electron chi connectivity index (χ4n) is 1.35. The van der Waals surface area contributed by atoms with Crippen molar-refractivity contribution in [3.63, 3.8) is 0 Å². The van der Waals surface area contributed by atoms with E-state index < -0.39 is 0 Å². The Morgan fingerprint density at radius 1 is 1.62 bits per heavy atom. The van der Waals surface area contributed by atoms with Crippen LogP contribution in [0.15, 0.2) is 18.7 Å². The van der Waals surface area contributed by atoms with Gasteiger partial charge in [0.2, 0.25) is 5.91 Å². The third-order valence-electron chi connectivity index (χ3n) is 2.43. The molecule has 0 aromatic carbocycles. The van der Waals surface area contributed by atoms with E-state index in [1.54, 1.807) is 12.5 Å². The van der Waals surface area contributed by atoms with E-state index in [9.17, 15) is 4.79 Å². The Morgan fingerprint density at radius 3 is 3.06 bits per heavy atom. The van der Waals surface area contributed by atoms with Crippen molar-refractivity contribution >= 4 is 5.91 Å². The zero-order valence-electron chi connectivity index (χ0n) is 9.59. The van der Waals surface area contributed by atoms with Crippen LogP contribution in [0.5, 0.6) is 0 Å². The van der Waals surface area contributed by atoms with Crippen LogP contribution in [0.1, 0.15) is 19.8 Å². The van der Waals surface area contributed by atoms with E-state index in [1.165, 1.54) is 0 Å². The molecule has 1 atom stereocenters. The van der Waals surface area contributed by atoms with Gasteiger partial charge in [0, 0.05) is 38.5 Å². The van der Waals surface area contributed by atoms with E-state index in [2.05, 4.69) is 10.3 Å². The van der Waals surface area contributed by atoms with Gasteiger partial charge < -0.3 is 15.0 Å². The van der Waals surface area contributed by atoms with E-state index in [4.69, 9.17) is 5.11 Å². The van der Waals surface area contributed by atoms with Crippen LogP contribution in [-0.2, 0) is 11.3 Å². The molecule has 16 heavy (non-hydrogen) atoms. The van der Waals surface area contributed by atoms with Crippen LogP contribution in [0, 0.1) is 5.92 Å². The predicted octanol–water partition coefficient (Wildman–Crippen LogP) is 0.408. The van der Waals surface area contributed by atoms with Gasteiger partial charge in [0.25, 0.3) is 0 Å². The number of hydrogen-bond donors (Lipinski definition) is 2. The number of carbonyl (C=O) groups excluding carboxylic acids is 1. The molecule has 0 aliphatic heterocycles. The van der Waals surface area contributed by atoms with Gasteiger partial charge in [0.15, 0.2) is 0 Å². The SMILES string of the molecule is CC(CCO)CNC(=O)CCn1ccnc1. The normalized spacial score (nSPS) is 12.4. The van der Waals surface area contributed by atoms with Gasteiger partial charge in [-0.15, -0.1) is 0 Å². The minimum Gasteiger partial charge on any atom is -0.396 e. The van der Waals surface area contributed by atoms with Gasteiger partial charge in [0.1, 0.15) is 0 Å². The van der Waals surface area contributed by atoms with Crippen molar-refractivity contribution in [2.75, 3.05) is 13.2 Å². The van der Waals surface area contributed by atoms with Crippen molar-refractivity contribution in [1.82, 2.24) is 14.9 Å². The molecule has 0 bridgehead atoms. The molecular weight excluding hydrogens is 206 g/mol. The number of aryl methyl sites for hydroxylation is 1. The topological polar surface area (TPSA) is 67.2 Å². The monoisotopic (exact) mass is 225 g/mol. The van der Waals surface area contributed by atoms with Crippen LogP contribution >= 0.6 is 0 Å². The summed E-state index contributed by atoms with van der Waals surface area (Å²) in [6, 6.07) is 0. The van der Waals surface area contributed by atoms with Crippen LogP contribution in [0.3, 0.4) is 0 Å². The molecule has 1 rings (SSSR count). The number of aliphatic hydroxyl groups excluding tert-OH is 1. The molecule has 90 valence electrons. The molecule has 1 aromatic rings. The summed E-state index contributed by atoms with van der Waals surface area (Å²) in [4.78, 5) is 15.3. The predicted molar refractivity (Wildman–Crippen MR) is 60.7 cm³/mol. The molecule has 1 amide bonds. The highest BCUT2D eigenvalue weighted by Gasteiger charge is 2.05. The lowest BCUT2D eigenvalue weighted by Gasteiger charge is -2.11. The van der Waals surface area contributed by atoms with Crippen LogP contribution in [0.25, 0.3) is 0 Å². The molecule has 0 saturated heterocycles. The Kier molecular flexibility index (Phi) is 5.56. The summed E-state index contributed by atoms with van der Waals surface area (Å²) in [7, 11) is 0. The number of aliphatic hydroxyl groups is 1. The highest BCUT2D eigenvalue weighted by molar-refractivity contribution is 5.75. The zero-order valence-corrected chi connectivity index (χ0v) is 9.59. The average molecular weight is 225 g/mol. The smallest absolute Gasteiger partial charge is 0.221 e. The average Bonchev–Trinajstić information content (AvgIpc) is 2.77. The molecule has 0 radical (unpaired) electrons. The molecule has 0 fully saturated rings. The van der Waals surface area contributed by atoms with E-state index in [0.717, 1.165) is 6.42 Å².